The third-order valence-electron chi connectivity index (χ3n) is 5.77. The van der Waals surface area contributed by atoms with Gasteiger partial charge in [0.2, 0.25) is 0 Å². The summed E-state index contributed by atoms with van der Waals surface area (Å²) in [6.07, 6.45) is 2.53. The van der Waals surface area contributed by atoms with E-state index >= 15 is 0 Å². The van der Waals surface area contributed by atoms with Gasteiger partial charge in [-0.2, -0.15) is 0 Å². The smallest absolute Gasteiger partial charge is 0.254 e. The van der Waals surface area contributed by atoms with Gasteiger partial charge in [-0.05, 0) is 38.7 Å². The molecular weight excluding hydrogens is 314 g/mol. The highest BCUT2D eigenvalue weighted by molar-refractivity contribution is 6.09. The summed E-state index contributed by atoms with van der Waals surface area (Å²) in [5, 5.41) is 0. The fourth-order valence-electron chi connectivity index (χ4n) is 4.17. The van der Waals surface area contributed by atoms with Crippen LogP contribution in [0.2, 0.25) is 0 Å². The topological polar surface area (TPSA) is 50.3 Å². The number of ketones is 1. The minimum absolute atomic E-state index is 0.0331. The first-order valence-electron chi connectivity index (χ1n) is 8.54. The molecule has 1 aliphatic heterocycles. The minimum atomic E-state index is -2.56. The van der Waals surface area contributed by atoms with E-state index in [1.54, 1.807) is 11.0 Å². The molecule has 0 N–H and O–H groups in total. The van der Waals surface area contributed by atoms with Crippen molar-refractivity contribution in [3.05, 3.63) is 28.6 Å². The van der Waals surface area contributed by atoms with Gasteiger partial charge in [0, 0.05) is 37.0 Å². The van der Waals surface area contributed by atoms with Crippen LogP contribution >= 0.6 is 0 Å². The van der Waals surface area contributed by atoms with Crippen LogP contribution in [0.1, 0.15) is 64.2 Å². The van der Waals surface area contributed by atoms with Crippen molar-refractivity contribution in [1.29, 1.82) is 0 Å². The van der Waals surface area contributed by atoms with Gasteiger partial charge in [0.05, 0.1) is 16.8 Å². The maximum atomic E-state index is 13.5. The summed E-state index contributed by atoms with van der Waals surface area (Å²) in [4.78, 5) is 31.2. The van der Waals surface area contributed by atoms with Crippen molar-refractivity contribution < 1.29 is 18.4 Å². The van der Waals surface area contributed by atoms with E-state index < -0.39 is 11.3 Å². The van der Waals surface area contributed by atoms with Crippen molar-refractivity contribution in [2.45, 2.75) is 51.4 Å². The Labute approximate surface area is 139 Å². The molecule has 2 heterocycles. The van der Waals surface area contributed by atoms with E-state index in [-0.39, 0.29) is 18.1 Å². The molecule has 0 bridgehead atoms. The third-order valence-corrected chi connectivity index (χ3v) is 5.77. The van der Waals surface area contributed by atoms with Crippen LogP contribution in [-0.2, 0) is 6.42 Å². The van der Waals surface area contributed by atoms with Crippen LogP contribution in [-0.4, -0.2) is 40.6 Å². The van der Waals surface area contributed by atoms with Crippen LogP contribution in [0.25, 0.3) is 0 Å². The van der Waals surface area contributed by atoms with Gasteiger partial charge in [-0.1, -0.05) is 0 Å². The van der Waals surface area contributed by atoms with Crippen molar-refractivity contribution in [2.75, 3.05) is 13.1 Å². The minimum Gasteiger partial charge on any atom is -0.339 e. The van der Waals surface area contributed by atoms with Crippen LogP contribution in [0.4, 0.5) is 8.78 Å². The number of nitrogens with zero attached hydrogens (tertiary/aromatic N) is 2. The molecule has 6 heteroatoms. The van der Waals surface area contributed by atoms with E-state index in [0.717, 1.165) is 6.42 Å². The number of likely N-dealkylation sites (tertiary alicyclic amines) is 1. The van der Waals surface area contributed by atoms with Gasteiger partial charge in [-0.3, -0.25) is 14.6 Å². The molecule has 4 nitrogen and oxygen atoms in total. The standard InChI is InChI=1S/C18H20F2N2O2/c1-11-9-12(15-13(21-11)3-2-4-14(15)23)16(24)22-7-5-17(6-8-22)10-18(17,19)20/h9H,2-8,10H2,1H3. The number of aryl methyl sites for hydroxylation is 2. The number of fused-ring (bicyclic) bond motifs is 1. The molecule has 1 saturated heterocycles. The number of rotatable bonds is 1. The first-order chi connectivity index (χ1) is 11.3. The lowest BCUT2D eigenvalue weighted by atomic mass is 9.88. The van der Waals surface area contributed by atoms with Crippen LogP contribution in [0.5, 0.6) is 0 Å². The molecular formula is C18H20F2N2O2. The fraction of sp³-hybridized carbons (Fsp3) is 0.611. The number of piperidine rings is 1. The molecule has 2 aliphatic carbocycles. The average molecular weight is 334 g/mol. The summed E-state index contributed by atoms with van der Waals surface area (Å²) in [5.74, 6) is -2.81. The normalized spacial score (nSPS) is 24.0. The van der Waals surface area contributed by atoms with Gasteiger partial charge in [0.25, 0.3) is 11.8 Å². The largest absolute Gasteiger partial charge is 0.339 e. The van der Waals surface area contributed by atoms with Crippen molar-refractivity contribution in [2.24, 2.45) is 5.41 Å². The zero-order chi connectivity index (χ0) is 17.1. The Bertz CT molecular complexity index is 737. The average Bonchev–Trinajstić information content (AvgIpc) is 3.06. The molecule has 0 aromatic carbocycles. The summed E-state index contributed by atoms with van der Waals surface area (Å²) in [6.45, 7) is 2.48. The van der Waals surface area contributed by atoms with Crippen LogP contribution in [0.15, 0.2) is 6.07 Å². The van der Waals surface area contributed by atoms with Crippen molar-refractivity contribution in [3.63, 3.8) is 0 Å². The van der Waals surface area contributed by atoms with Gasteiger partial charge in [0.15, 0.2) is 5.78 Å². The van der Waals surface area contributed by atoms with Gasteiger partial charge < -0.3 is 4.90 Å². The zero-order valence-corrected chi connectivity index (χ0v) is 13.7. The van der Waals surface area contributed by atoms with Crippen LogP contribution in [0.3, 0.4) is 0 Å². The first-order valence-corrected chi connectivity index (χ1v) is 8.54. The third kappa shape index (κ3) is 2.26. The van der Waals surface area contributed by atoms with E-state index in [9.17, 15) is 18.4 Å². The second-order valence-corrected chi connectivity index (χ2v) is 7.36. The number of halogens is 2. The number of Topliss-reactive ketones (excluding diaryl/α,β-unsaturated/α-hetero) is 1. The zero-order valence-electron chi connectivity index (χ0n) is 13.7. The van der Waals surface area contributed by atoms with Gasteiger partial charge >= 0.3 is 0 Å². The lowest BCUT2D eigenvalue weighted by Crippen LogP contribution is -2.41. The van der Waals surface area contributed by atoms with Crippen molar-refractivity contribution >= 4 is 11.7 Å². The van der Waals surface area contributed by atoms with Crippen molar-refractivity contribution in [3.8, 4) is 0 Å². The lowest BCUT2D eigenvalue weighted by molar-refractivity contribution is 0.0284. The number of carbonyl (C=O) groups is 2. The van der Waals surface area contributed by atoms with Crippen molar-refractivity contribution in [1.82, 2.24) is 9.88 Å². The molecule has 24 heavy (non-hydrogen) atoms. The molecule has 1 aromatic rings. The van der Waals surface area contributed by atoms with Crippen LogP contribution < -0.4 is 0 Å². The summed E-state index contributed by atoms with van der Waals surface area (Å²) >= 11 is 0. The number of amides is 1. The second-order valence-electron chi connectivity index (χ2n) is 7.36. The molecule has 0 atom stereocenters. The Morgan fingerprint density at radius 2 is 1.92 bits per heavy atom. The highest BCUT2D eigenvalue weighted by atomic mass is 19.3. The molecule has 1 aromatic heterocycles. The van der Waals surface area contributed by atoms with Crippen LogP contribution in [0, 0.1) is 12.3 Å². The molecule has 128 valence electrons. The predicted octanol–water partition coefficient (Wildman–Crippen LogP) is 3.17. The number of alkyl halides is 2. The Hall–Kier alpha value is -1.85. The number of aromatic nitrogens is 1. The number of hydrogen-bond donors (Lipinski definition) is 0. The predicted molar refractivity (Wildman–Crippen MR) is 83.4 cm³/mol. The highest BCUT2D eigenvalue weighted by Gasteiger charge is 2.70. The summed E-state index contributed by atoms with van der Waals surface area (Å²) in [5.41, 5.74) is 1.40. The molecule has 0 unspecified atom stereocenters. The number of hydrogen-bond acceptors (Lipinski definition) is 3. The van der Waals surface area contributed by atoms with Gasteiger partial charge in [-0.15, -0.1) is 0 Å². The Balaban J connectivity index is 1.60. The quantitative estimate of drug-likeness (QED) is 0.793. The monoisotopic (exact) mass is 334 g/mol. The molecule has 1 saturated carbocycles. The maximum Gasteiger partial charge on any atom is 0.254 e. The van der Waals surface area contributed by atoms with Gasteiger partial charge in [-0.25, -0.2) is 8.78 Å². The fourth-order valence-corrected chi connectivity index (χ4v) is 4.17. The maximum absolute atomic E-state index is 13.5. The highest BCUT2D eigenvalue weighted by Crippen LogP contribution is 2.65. The van der Waals surface area contributed by atoms with Gasteiger partial charge in [0.1, 0.15) is 0 Å². The molecule has 1 amide bonds. The van der Waals surface area contributed by atoms with E-state index in [1.807, 2.05) is 6.92 Å². The lowest BCUT2D eigenvalue weighted by Gasteiger charge is -2.33. The SMILES string of the molecule is Cc1cc(C(=O)N2CCC3(CC2)CC3(F)F)c2c(n1)CCCC2=O. The Kier molecular flexibility index (Phi) is 3.31. The molecule has 2 fully saturated rings. The summed E-state index contributed by atoms with van der Waals surface area (Å²) in [7, 11) is 0. The molecule has 4 rings (SSSR count). The number of pyridine rings is 1. The molecule has 0 radical (unpaired) electrons. The number of carbonyl (C=O) groups excluding carboxylic acids is 2. The first kappa shape index (κ1) is 15.7. The summed E-state index contributed by atoms with van der Waals surface area (Å²) < 4.78 is 27.0. The second kappa shape index (κ2) is 5.07. The molecule has 1 spiro atoms. The Morgan fingerprint density at radius 1 is 1.25 bits per heavy atom. The summed E-state index contributed by atoms with van der Waals surface area (Å²) in [6, 6.07) is 1.67. The van der Waals surface area contributed by atoms with E-state index in [4.69, 9.17) is 0 Å². The van der Waals surface area contributed by atoms with E-state index in [2.05, 4.69) is 4.98 Å². The Morgan fingerprint density at radius 3 is 2.54 bits per heavy atom. The van der Waals surface area contributed by atoms with E-state index in [0.29, 0.717) is 61.3 Å². The molecule has 3 aliphatic rings. The van der Waals surface area contributed by atoms with E-state index in [1.165, 1.54) is 0 Å².